The lowest BCUT2D eigenvalue weighted by molar-refractivity contribution is -0.120. The van der Waals surface area contributed by atoms with E-state index in [1.165, 1.54) is 4.68 Å². The molecule has 0 saturated carbocycles. The van der Waals surface area contributed by atoms with Crippen LogP contribution >= 0.6 is 0 Å². The molecule has 0 spiro atoms. The molecule has 0 aliphatic rings. The van der Waals surface area contributed by atoms with Crippen molar-refractivity contribution in [3.8, 4) is 11.5 Å². The van der Waals surface area contributed by atoms with Crippen LogP contribution in [0, 0.1) is 0 Å². The summed E-state index contributed by atoms with van der Waals surface area (Å²) in [5.74, 6) is 1.05. The summed E-state index contributed by atoms with van der Waals surface area (Å²) in [6.45, 7) is 0.624. The van der Waals surface area contributed by atoms with E-state index in [-0.39, 0.29) is 17.9 Å². The number of benzene rings is 2. The minimum absolute atomic E-state index is 0.143. The number of methoxy groups -OCH3 is 2. The summed E-state index contributed by atoms with van der Waals surface area (Å²) in [6, 6.07) is 12.6. The third kappa shape index (κ3) is 4.25. The summed E-state index contributed by atoms with van der Waals surface area (Å²) >= 11 is 0. The van der Waals surface area contributed by atoms with E-state index in [1.807, 2.05) is 24.3 Å². The number of hydrogen-bond donors (Lipinski definition) is 1. The van der Waals surface area contributed by atoms with Crippen molar-refractivity contribution in [3.05, 3.63) is 64.6 Å². The summed E-state index contributed by atoms with van der Waals surface area (Å²) in [5, 5.41) is 8.38. The van der Waals surface area contributed by atoms with Crippen LogP contribution < -0.4 is 20.3 Å². The minimum Gasteiger partial charge on any atom is -0.493 e. The number of carbonyl (C=O) groups excluding carboxylic acids is 1. The highest BCUT2D eigenvalue weighted by atomic mass is 16.5. The maximum Gasteiger partial charge on any atom is 0.274 e. The molecule has 0 unspecified atom stereocenters. The number of nitrogens with one attached hydrogen (secondary N) is 1. The highest BCUT2D eigenvalue weighted by molar-refractivity contribution is 5.80. The van der Waals surface area contributed by atoms with Gasteiger partial charge in [-0.2, -0.15) is 5.10 Å². The number of nitrogens with zero attached hydrogens (tertiary/aromatic N) is 2. The number of ether oxygens (including phenoxy) is 2. The molecule has 1 aromatic heterocycles. The zero-order chi connectivity index (χ0) is 19.2. The van der Waals surface area contributed by atoms with Crippen molar-refractivity contribution in [3.63, 3.8) is 0 Å². The van der Waals surface area contributed by atoms with Crippen LogP contribution in [0.25, 0.3) is 10.8 Å². The minimum atomic E-state index is -0.165. The van der Waals surface area contributed by atoms with Gasteiger partial charge in [-0.3, -0.25) is 9.59 Å². The Morgan fingerprint density at radius 2 is 1.89 bits per heavy atom. The molecule has 140 valence electrons. The molecule has 3 rings (SSSR count). The SMILES string of the molecule is COc1ccc(CC(=O)NCCn2ncc3ccccc3c2=O)cc1OC. The molecule has 7 heteroatoms. The van der Waals surface area contributed by atoms with Crippen molar-refractivity contribution in [2.24, 2.45) is 0 Å². The highest BCUT2D eigenvalue weighted by Gasteiger charge is 2.09. The molecule has 3 aromatic rings. The second-order valence-corrected chi connectivity index (χ2v) is 5.98. The Morgan fingerprint density at radius 3 is 2.67 bits per heavy atom. The topological polar surface area (TPSA) is 82.5 Å². The van der Waals surface area contributed by atoms with Crippen LogP contribution in [-0.4, -0.2) is 36.5 Å². The van der Waals surface area contributed by atoms with Crippen LogP contribution in [0.2, 0.25) is 0 Å². The van der Waals surface area contributed by atoms with Crippen LogP contribution in [0.15, 0.2) is 53.5 Å². The van der Waals surface area contributed by atoms with Gasteiger partial charge in [0.2, 0.25) is 5.91 Å². The van der Waals surface area contributed by atoms with E-state index in [4.69, 9.17) is 9.47 Å². The standard InChI is InChI=1S/C20H21N3O4/c1-26-17-8-7-14(11-18(17)27-2)12-19(24)21-9-10-23-20(25)16-6-4-3-5-15(16)13-22-23/h3-8,11,13H,9-10,12H2,1-2H3,(H,21,24). The first kappa shape index (κ1) is 18.4. The fourth-order valence-corrected chi connectivity index (χ4v) is 2.83. The Labute approximate surface area is 156 Å². The summed E-state index contributed by atoms with van der Waals surface area (Å²) in [7, 11) is 3.11. The van der Waals surface area contributed by atoms with Crippen molar-refractivity contribution in [1.29, 1.82) is 0 Å². The Balaban J connectivity index is 1.59. The molecule has 0 saturated heterocycles. The molecule has 1 N–H and O–H groups in total. The van der Waals surface area contributed by atoms with E-state index in [0.29, 0.717) is 30.0 Å². The van der Waals surface area contributed by atoms with Gasteiger partial charge in [0, 0.05) is 11.9 Å². The number of carbonyl (C=O) groups is 1. The van der Waals surface area contributed by atoms with Gasteiger partial charge in [-0.25, -0.2) is 4.68 Å². The van der Waals surface area contributed by atoms with Gasteiger partial charge in [-0.1, -0.05) is 24.3 Å². The highest BCUT2D eigenvalue weighted by Crippen LogP contribution is 2.27. The van der Waals surface area contributed by atoms with E-state index in [0.717, 1.165) is 10.9 Å². The van der Waals surface area contributed by atoms with E-state index >= 15 is 0 Å². The lowest BCUT2D eigenvalue weighted by Crippen LogP contribution is -2.32. The maximum atomic E-state index is 12.4. The van der Waals surface area contributed by atoms with E-state index in [1.54, 1.807) is 38.6 Å². The molecule has 7 nitrogen and oxygen atoms in total. The average molecular weight is 367 g/mol. The Hall–Kier alpha value is -3.35. The van der Waals surface area contributed by atoms with Crippen molar-refractivity contribution in [2.45, 2.75) is 13.0 Å². The van der Waals surface area contributed by atoms with Gasteiger partial charge in [-0.15, -0.1) is 0 Å². The molecule has 0 aliphatic heterocycles. The van der Waals surface area contributed by atoms with E-state index < -0.39 is 0 Å². The molecule has 27 heavy (non-hydrogen) atoms. The van der Waals surface area contributed by atoms with Crippen LogP contribution in [0.3, 0.4) is 0 Å². The number of hydrogen-bond acceptors (Lipinski definition) is 5. The van der Waals surface area contributed by atoms with E-state index in [9.17, 15) is 9.59 Å². The summed E-state index contributed by atoms with van der Waals surface area (Å²) in [6.07, 6.45) is 1.86. The largest absolute Gasteiger partial charge is 0.493 e. The molecule has 1 heterocycles. The van der Waals surface area contributed by atoms with Gasteiger partial charge in [0.25, 0.3) is 5.56 Å². The Morgan fingerprint density at radius 1 is 1.11 bits per heavy atom. The number of fused-ring (bicyclic) bond motifs is 1. The monoisotopic (exact) mass is 367 g/mol. The fraction of sp³-hybridized carbons (Fsp3) is 0.250. The first-order valence-electron chi connectivity index (χ1n) is 8.55. The maximum absolute atomic E-state index is 12.4. The van der Waals surface area contributed by atoms with Crippen LogP contribution in [0.5, 0.6) is 11.5 Å². The second kappa shape index (κ2) is 8.35. The van der Waals surface area contributed by atoms with Gasteiger partial charge in [-0.05, 0) is 23.8 Å². The fourth-order valence-electron chi connectivity index (χ4n) is 2.83. The van der Waals surface area contributed by atoms with Crippen LogP contribution in [0.1, 0.15) is 5.56 Å². The average Bonchev–Trinajstić information content (AvgIpc) is 2.69. The quantitative estimate of drug-likeness (QED) is 0.688. The summed E-state index contributed by atoms with van der Waals surface area (Å²) in [5.41, 5.74) is 0.647. The van der Waals surface area contributed by atoms with Gasteiger partial charge in [0.1, 0.15) is 0 Å². The first-order chi connectivity index (χ1) is 13.1. The second-order valence-electron chi connectivity index (χ2n) is 5.98. The molecular weight excluding hydrogens is 346 g/mol. The summed E-state index contributed by atoms with van der Waals surface area (Å²) < 4.78 is 11.8. The molecule has 2 aromatic carbocycles. The van der Waals surface area contributed by atoms with Crippen molar-refractivity contribution >= 4 is 16.7 Å². The van der Waals surface area contributed by atoms with Crippen molar-refractivity contribution in [1.82, 2.24) is 15.1 Å². The molecule has 0 radical (unpaired) electrons. The normalized spacial score (nSPS) is 10.6. The van der Waals surface area contributed by atoms with Gasteiger partial charge in [0.15, 0.2) is 11.5 Å². The lowest BCUT2D eigenvalue weighted by atomic mass is 10.1. The molecule has 0 fully saturated rings. The number of aromatic nitrogens is 2. The predicted molar refractivity (Wildman–Crippen MR) is 102 cm³/mol. The smallest absolute Gasteiger partial charge is 0.274 e. The van der Waals surface area contributed by atoms with Gasteiger partial charge < -0.3 is 14.8 Å². The number of amides is 1. The predicted octanol–water partition coefficient (Wildman–Crippen LogP) is 1.77. The van der Waals surface area contributed by atoms with Crippen molar-refractivity contribution in [2.75, 3.05) is 20.8 Å². The summed E-state index contributed by atoms with van der Waals surface area (Å²) in [4.78, 5) is 24.6. The van der Waals surface area contributed by atoms with Crippen molar-refractivity contribution < 1.29 is 14.3 Å². The zero-order valence-corrected chi connectivity index (χ0v) is 15.3. The number of rotatable bonds is 7. The molecule has 1 amide bonds. The molecule has 0 bridgehead atoms. The third-order valence-electron chi connectivity index (χ3n) is 4.22. The van der Waals surface area contributed by atoms with E-state index in [2.05, 4.69) is 10.4 Å². The zero-order valence-electron chi connectivity index (χ0n) is 15.3. The van der Waals surface area contributed by atoms with Gasteiger partial charge >= 0.3 is 0 Å². The van der Waals surface area contributed by atoms with Crippen LogP contribution in [-0.2, 0) is 17.8 Å². The molecular formula is C20H21N3O4. The van der Waals surface area contributed by atoms with Crippen LogP contribution in [0.4, 0.5) is 0 Å². The Bertz CT molecular complexity index is 1010. The molecule has 0 atom stereocenters. The lowest BCUT2D eigenvalue weighted by Gasteiger charge is -2.10. The van der Waals surface area contributed by atoms with Gasteiger partial charge in [0.05, 0.1) is 38.8 Å². The first-order valence-corrected chi connectivity index (χ1v) is 8.55. The molecule has 0 aliphatic carbocycles. The Kier molecular flexibility index (Phi) is 5.71. The third-order valence-corrected chi connectivity index (χ3v) is 4.22.